The summed E-state index contributed by atoms with van der Waals surface area (Å²) in [6.07, 6.45) is 0.746. The number of fused-ring (bicyclic) bond motifs is 1. The maximum atomic E-state index is 14.0. The van der Waals surface area contributed by atoms with Crippen LogP contribution >= 0.6 is 0 Å². The van der Waals surface area contributed by atoms with Gasteiger partial charge in [0.25, 0.3) is 0 Å². The van der Waals surface area contributed by atoms with Crippen molar-refractivity contribution in [3.63, 3.8) is 0 Å². The van der Waals surface area contributed by atoms with Crippen molar-refractivity contribution >= 4 is 15.9 Å². The predicted molar refractivity (Wildman–Crippen MR) is 118 cm³/mol. The van der Waals surface area contributed by atoms with E-state index in [9.17, 15) is 22.0 Å². The Labute approximate surface area is 187 Å². The molecule has 0 saturated heterocycles. The van der Waals surface area contributed by atoms with Gasteiger partial charge in [-0.2, -0.15) is 4.31 Å². The molecule has 0 spiro atoms. The van der Waals surface area contributed by atoms with E-state index in [0.29, 0.717) is 17.7 Å². The summed E-state index contributed by atoms with van der Waals surface area (Å²) in [6.45, 7) is 5.04. The molecule has 0 aliphatic carbocycles. The van der Waals surface area contributed by atoms with Crippen LogP contribution in [0.4, 0.5) is 8.78 Å². The van der Waals surface area contributed by atoms with Crippen LogP contribution in [0.3, 0.4) is 0 Å². The highest BCUT2D eigenvalue weighted by atomic mass is 32.2. The third-order valence-electron chi connectivity index (χ3n) is 5.42. The monoisotopic (exact) mass is 466 g/mol. The number of nitrogens with one attached hydrogen (secondary N) is 1. The fourth-order valence-electron chi connectivity index (χ4n) is 3.81. The minimum Gasteiger partial charge on any atom is -0.487 e. The van der Waals surface area contributed by atoms with Crippen molar-refractivity contribution < 1.29 is 26.7 Å². The summed E-state index contributed by atoms with van der Waals surface area (Å²) in [7, 11) is -3.79. The van der Waals surface area contributed by atoms with E-state index < -0.39 is 39.9 Å². The molecule has 0 bridgehead atoms. The van der Waals surface area contributed by atoms with Gasteiger partial charge in [-0.1, -0.05) is 12.1 Å². The largest absolute Gasteiger partial charge is 0.487 e. The van der Waals surface area contributed by atoms with Crippen LogP contribution in [0.1, 0.15) is 44.4 Å². The highest BCUT2D eigenvalue weighted by Gasteiger charge is 2.41. The smallest absolute Gasteiger partial charge is 0.235 e. The molecule has 1 aliphatic heterocycles. The Kier molecular flexibility index (Phi) is 7.19. The molecule has 1 N–H and O–H groups in total. The summed E-state index contributed by atoms with van der Waals surface area (Å²) in [5.41, 5.74) is 0.552. The van der Waals surface area contributed by atoms with Crippen molar-refractivity contribution in [1.29, 1.82) is 0 Å². The van der Waals surface area contributed by atoms with E-state index >= 15 is 0 Å². The van der Waals surface area contributed by atoms with Gasteiger partial charge in [-0.15, -0.1) is 0 Å². The van der Waals surface area contributed by atoms with E-state index in [1.807, 2.05) is 13.8 Å². The summed E-state index contributed by atoms with van der Waals surface area (Å²) in [5.74, 6) is -1.10. The van der Waals surface area contributed by atoms with Gasteiger partial charge in [-0.05, 0) is 63.1 Å². The summed E-state index contributed by atoms with van der Waals surface area (Å²) in [6, 6.07) is 9.22. The van der Waals surface area contributed by atoms with Crippen molar-refractivity contribution in [2.75, 3.05) is 18.8 Å². The van der Waals surface area contributed by atoms with Crippen molar-refractivity contribution in [3.05, 3.63) is 65.2 Å². The molecule has 1 atom stereocenters. The Morgan fingerprint density at radius 3 is 2.47 bits per heavy atom. The van der Waals surface area contributed by atoms with Gasteiger partial charge in [0.1, 0.15) is 23.0 Å². The van der Waals surface area contributed by atoms with E-state index in [2.05, 4.69) is 5.32 Å². The number of hydrogen-bond donors (Lipinski definition) is 1. The molecular weight excluding hydrogens is 438 g/mol. The van der Waals surface area contributed by atoms with Crippen LogP contribution in [0, 0.1) is 11.6 Å². The highest BCUT2D eigenvalue weighted by Crippen LogP contribution is 2.43. The average Bonchev–Trinajstić information content (AvgIpc) is 2.73. The van der Waals surface area contributed by atoms with Gasteiger partial charge < -0.3 is 10.1 Å². The summed E-state index contributed by atoms with van der Waals surface area (Å²) in [5, 5.41) is 2.72. The average molecular weight is 467 g/mol. The first-order chi connectivity index (χ1) is 15.0. The van der Waals surface area contributed by atoms with Crippen LogP contribution in [0.5, 0.6) is 5.75 Å². The fourth-order valence-corrected chi connectivity index (χ4v) is 5.03. The molecule has 3 rings (SSSR count). The summed E-state index contributed by atoms with van der Waals surface area (Å²) < 4.78 is 60.0. The lowest BCUT2D eigenvalue weighted by molar-refractivity contribution is -0.121. The molecule has 6 nitrogen and oxygen atoms in total. The SMILES string of the molecule is CCS(=O)(=O)N(CC(=O)NCCc1ccc(F)cc1)C1CC(C)(C)Oc2ccc(F)cc21. The molecule has 0 fully saturated rings. The second-order valence-corrected chi connectivity index (χ2v) is 10.6. The Morgan fingerprint density at radius 1 is 1.16 bits per heavy atom. The number of benzene rings is 2. The molecule has 2 aromatic rings. The van der Waals surface area contributed by atoms with E-state index in [1.165, 1.54) is 37.3 Å². The first kappa shape index (κ1) is 24.1. The third-order valence-corrected chi connectivity index (χ3v) is 7.25. The normalized spacial score (nSPS) is 17.5. The number of nitrogens with zero attached hydrogens (tertiary/aromatic N) is 1. The van der Waals surface area contributed by atoms with Gasteiger partial charge in [-0.3, -0.25) is 4.79 Å². The minimum absolute atomic E-state index is 0.196. The Hall–Kier alpha value is -2.52. The lowest BCUT2D eigenvalue weighted by atomic mass is 9.89. The zero-order valence-corrected chi connectivity index (χ0v) is 19.2. The molecular formula is C23H28F2N2O4S. The lowest BCUT2D eigenvalue weighted by Gasteiger charge is -2.41. The molecule has 0 aromatic heterocycles. The molecule has 9 heteroatoms. The summed E-state index contributed by atoms with van der Waals surface area (Å²) >= 11 is 0. The minimum atomic E-state index is -3.79. The van der Waals surface area contributed by atoms with Gasteiger partial charge >= 0.3 is 0 Å². The molecule has 2 aromatic carbocycles. The standard InChI is InChI=1S/C23H28F2N2O4S/c1-4-32(29,30)27(15-22(28)26-12-11-16-5-7-17(24)8-6-16)20-14-23(2,3)31-21-10-9-18(25)13-19(20)21/h5-10,13,20H,4,11-12,14-15H2,1-3H3,(H,26,28). The maximum absolute atomic E-state index is 14.0. The van der Waals surface area contributed by atoms with E-state index in [4.69, 9.17) is 4.74 Å². The molecule has 1 heterocycles. The van der Waals surface area contributed by atoms with Crippen LogP contribution in [-0.2, 0) is 21.2 Å². The molecule has 1 unspecified atom stereocenters. The molecule has 0 saturated carbocycles. The topological polar surface area (TPSA) is 75.7 Å². The first-order valence-corrected chi connectivity index (χ1v) is 12.1. The number of hydrogen-bond acceptors (Lipinski definition) is 4. The number of amides is 1. The number of rotatable bonds is 8. The van der Waals surface area contributed by atoms with Gasteiger partial charge in [0.05, 0.1) is 18.3 Å². The first-order valence-electron chi connectivity index (χ1n) is 10.5. The van der Waals surface area contributed by atoms with Crippen molar-refractivity contribution in [3.8, 4) is 5.75 Å². The zero-order valence-electron chi connectivity index (χ0n) is 18.4. The van der Waals surface area contributed by atoms with Crippen molar-refractivity contribution in [2.45, 2.75) is 45.3 Å². The van der Waals surface area contributed by atoms with Crippen LogP contribution in [0.25, 0.3) is 0 Å². The second kappa shape index (κ2) is 9.54. The number of carbonyl (C=O) groups is 1. The quantitative estimate of drug-likeness (QED) is 0.645. The number of halogens is 2. The van der Waals surface area contributed by atoms with Crippen LogP contribution in [0.2, 0.25) is 0 Å². The number of sulfonamides is 1. The molecule has 174 valence electrons. The fraction of sp³-hybridized carbons (Fsp3) is 0.435. The highest BCUT2D eigenvalue weighted by molar-refractivity contribution is 7.89. The summed E-state index contributed by atoms with van der Waals surface area (Å²) in [4.78, 5) is 12.7. The second-order valence-electron chi connectivity index (χ2n) is 8.44. The Bertz CT molecular complexity index is 1070. The van der Waals surface area contributed by atoms with Crippen molar-refractivity contribution in [1.82, 2.24) is 9.62 Å². The third kappa shape index (κ3) is 5.83. The molecule has 0 radical (unpaired) electrons. The Morgan fingerprint density at radius 2 is 1.81 bits per heavy atom. The predicted octanol–water partition coefficient (Wildman–Crippen LogP) is 3.58. The van der Waals surface area contributed by atoms with Gasteiger partial charge in [-0.25, -0.2) is 17.2 Å². The van der Waals surface area contributed by atoms with Gasteiger partial charge in [0.2, 0.25) is 15.9 Å². The molecule has 1 amide bonds. The Balaban J connectivity index is 1.79. The van der Waals surface area contributed by atoms with Crippen LogP contribution in [0.15, 0.2) is 42.5 Å². The lowest BCUT2D eigenvalue weighted by Crippen LogP contribution is -2.48. The maximum Gasteiger partial charge on any atom is 0.235 e. The number of ether oxygens (including phenoxy) is 1. The van der Waals surface area contributed by atoms with Crippen molar-refractivity contribution in [2.24, 2.45) is 0 Å². The van der Waals surface area contributed by atoms with E-state index in [1.54, 1.807) is 12.1 Å². The van der Waals surface area contributed by atoms with Crippen LogP contribution in [-0.4, -0.2) is 43.1 Å². The van der Waals surface area contributed by atoms with E-state index in [-0.39, 0.29) is 24.5 Å². The van der Waals surface area contributed by atoms with E-state index in [0.717, 1.165) is 9.87 Å². The number of carbonyl (C=O) groups excluding carboxylic acids is 1. The van der Waals surface area contributed by atoms with Crippen LogP contribution < -0.4 is 10.1 Å². The van der Waals surface area contributed by atoms with Gasteiger partial charge in [0.15, 0.2) is 0 Å². The molecule has 32 heavy (non-hydrogen) atoms. The molecule has 1 aliphatic rings. The zero-order chi connectivity index (χ0) is 23.5. The van der Waals surface area contributed by atoms with Gasteiger partial charge in [0, 0.05) is 18.5 Å².